The van der Waals surface area contributed by atoms with Crippen molar-refractivity contribution in [1.29, 1.82) is 0 Å². The first-order valence-electron chi connectivity index (χ1n) is 7.27. The average molecular weight is 273 g/mol. The van der Waals surface area contributed by atoms with Crippen LogP contribution in [0.5, 0.6) is 0 Å². The highest BCUT2D eigenvalue weighted by Crippen LogP contribution is 2.30. The lowest BCUT2D eigenvalue weighted by Gasteiger charge is -2.39. The van der Waals surface area contributed by atoms with E-state index in [1.807, 2.05) is 25.1 Å². The molecule has 2 atom stereocenters. The van der Waals surface area contributed by atoms with E-state index in [2.05, 4.69) is 30.5 Å². The molecule has 1 aromatic carbocycles. The summed E-state index contributed by atoms with van der Waals surface area (Å²) in [6.07, 6.45) is 1.66. The van der Waals surface area contributed by atoms with Gasteiger partial charge < -0.3 is 4.74 Å². The average Bonchev–Trinajstić information content (AvgIpc) is 2.47. The van der Waals surface area contributed by atoms with Gasteiger partial charge in [0.15, 0.2) is 0 Å². The van der Waals surface area contributed by atoms with E-state index in [9.17, 15) is 4.79 Å². The van der Waals surface area contributed by atoms with E-state index >= 15 is 0 Å². The number of benzene rings is 1. The highest BCUT2D eigenvalue weighted by molar-refractivity contribution is 5.76. The minimum atomic E-state index is -0.202. The van der Waals surface area contributed by atoms with Gasteiger partial charge in [-0.3, -0.25) is 9.69 Å². The van der Waals surface area contributed by atoms with Gasteiger partial charge in [0.25, 0.3) is 0 Å². The molecule has 108 valence electrons. The van der Waals surface area contributed by atoms with Gasteiger partial charge in [-0.1, -0.05) is 42.5 Å². The zero-order valence-corrected chi connectivity index (χ0v) is 12.3. The smallest absolute Gasteiger partial charge is 0.323 e. The largest absolute Gasteiger partial charge is 0.465 e. The standard InChI is InChI=1S/C17H23NO2/c1-4-20-17(19)16-12-13(2)10-11-18(16)14(3)15-8-6-5-7-9-15/h5-9,14,16H,2,4,10-12H2,1,3H3/t14?,16-/m1/s1. The maximum absolute atomic E-state index is 12.2. The highest BCUT2D eigenvalue weighted by atomic mass is 16.5. The van der Waals surface area contributed by atoms with Gasteiger partial charge >= 0.3 is 5.97 Å². The molecule has 1 aliphatic rings. The Balaban J connectivity index is 2.18. The van der Waals surface area contributed by atoms with Gasteiger partial charge in [-0.2, -0.15) is 0 Å². The van der Waals surface area contributed by atoms with Gasteiger partial charge in [-0.25, -0.2) is 0 Å². The van der Waals surface area contributed by atoms with Gasteiger partial charge in [0.1, 0.15) is 6.04 Å². The van der Waals surface area contributed by atoms with Crippen molar-refractivity contribution in [2.75, 3.05) is 13.2 Å². The summed E-state index contributed by atoms with van der Waals surface area (Å²) in [6, 6.07) is 10.3. The molecule has 3 heteroatoms. The molecule has 0 N–H and O–H groups in total. The first-order chi connectivity index (χ1) is 9.63. The summed E-state index contributed by atoms with van der Waals surface area (Å²) < 4.78 is 5.22. The normalized spacial score (nSPS) is 21.5. The Bertz CT molecular complexity index is 469. The first-order valence-corrected chi connectivity index (χ1v) is 7.27. The number of likely N-dealkylation sites (tertiary alicyclic amines) is 1. The van der Waals surface area contributed by atoms with Crippen molar-refractivity contribution in [3.63, 3.8) is 0 Å². The third-order valence-electron chi connectivity index (χ3n) is 3.94. The Kier molecular flexibility index (Phi) is 4.96. The maximum Gasteiger partial charge on any atom is 0.323 e. The van der Waals surface area contributed by atoms with Crippen LogP contribution in [0.4, 0.5) is 0 Å². The van der Waals surface area contributed by atoms with Crippen molar-refractivity contribution >= 4 is 5.97 Å². The van der Waals surface area contributed by atoms with Crippen LogP contribution in [-0.4, -0.2) is 30.1 Å². The van der Waals surface area contributed by atoms with Gasteiger partial charge in [0, 0.05) is 12.6 Å². The predicted octanol–water partition coefficient (Wildman–Crippen LogP) is 3.33. The molecule has 0 saturated carbocycles. The molecule has 0 bridgehead atoms. The van der Waals surface area contributed by atoms with Crippen LogP contribution in [-0.2, 0) is 9.53 Å². The zero-order chi connectivity index (χ0) is 14.5. The molecule has 0 aromatic heterocycles. The molecule has 0 aliphatic carbocycles. The van der Waals surface area contributed by atoms with E-state index in [1.54, 1.807) is 0 Å². The summed E-state index contributed by atoms with van der Waals surface area (Å²) in [6.45, 7) is 9.32. The summed E-state index contributed by atoms with van der Waals surface area (Å²) in [5, 5.41) is 0. The number of carbonyl (C=O) groups excluding carboxylic acids is 1. The molecule has 2 rings (SSSR count). The van der Waals surface area contributed by atoms with Gasteiger partial charge in [-0.05, 0) is 32.3 Å². The minimum absolute atomic E-state index is 0.129. The molecule has 1 aromatic rings. The molecular weight excluding hydrogens is 250 g/mol. The molecule has 1 saturated heterocycles. The lowest BCUT2D eigenvalue weighted by atomic mass is 9.94. The molecule has 20 heavy (non-hydrogen) atoms. The Morgan fingerprint density at radius 1 is 1.45 bits per heavy atom. The fourth-order valence-electron chi connectivity index (χ4n) is 2.78. The highest BCUT2D eigenvalue weighted by Gasteiger charge is 2.34. The molecule has 0 spiro atoms. The fourth-order valence-corrected chi connectivity index (χ4v) is 2.78. The van der Waals surface area contributed by atoms with Crippen LogP contribution in [0.15, 0.2) is 42.5 Å². The SMILES string of the molecule is C=C1CCN(C(C)c2ccccc2)[C@@H](C(=O)OCC)C1. The molecule has 1 heterocycles. The van der Waals surface area contributed by atoms with Crippen molar-refractivity contribution in [2.24, 2.45) is 0 Å². The van der Waals surface area contributed by atoms with Crippen LogP contribution >= 0.6 is 0 Å². The summed E-state index contributed by atoms with van der Waals surface area (Å²) in [5.41, 5.74) is 2.37. The molecular formula is C17H23NO2. The maximum atomic E-state index is 12.2. The summed E-state index contributed by atoms with van der Waals surface area (Å²) in [5.74, 6) is -0.129. The van der Waals surface area contributed by atoms with Crippen LogP contribution in [0.25, 0.3) is 0 Å². The Hall–Kier alpha value is -1.61. The van der Waals surface area contributed by atoms with Crippen LogP contribution in [0.2, 0.25) is 0 Å². The molecule has 0 radical (unpaired) electrons. The van der Waals surface area contributed by atoms with Crippen molar-refractivity contribution < 1.29 is 9.53 Å². The van der Waals surface area contributed by atoms with Gasteiger partial charge in [0.2, 0.25) is 0 Å². The van der Waals surface area contributed by atoms with Crippen LogP contribution in [0.1, 0.15) is 38.3 Å². The molecule has 1 fully saturated rings. The monoisotopic (exact) mass is 273 g/mol. The zero-order valence-electron chi connectivity index (χ0n) is 12.3. The van der Waals surface area contributed by atoms with E-state index in [0.29, 0.717) is 13.0 Å². The third-order valence-corrected chi connectivity index (χ3v) is 3.94. The number of rotatable bonds is 4. The van der Waals surface area contributed by atoms with Gasteiger partial charge in [-0.15, -0.1) is 0 Å². The Labute approximate surface area is 121 Å². The van der Waals surface area contributed by atoms with Crippen molar-refractivity contribution in [3.8, 4) is 0 Å². The second-order valence-corrected chi connectivity index (χ2v) is 5.30. The summed E-state index contributed by atoms with van der Waals surface area (Å²) in [4.78, 5) is 14.4. The summed E-state index contributed by atoms with van der Waals surface area (Å²) >= 11 is 0. The number of hydrogen-bond donors (Lipinski definition) is 0. The van der Waals surface area contributed by atoms with E-state index in [-0.39, 0.29) is 18.1 Å². The van der Waals surface area contributed by atoms with Crippen LogP contribution in [0.3, 0.4) is 0 Å². The summed E-state index contributed by atoms with van der Waals surface area (Å²) in [7, 11) is 0. The topological polar surface area (TPSA) is 29.5 Å². The van der Waals surface area contributed by atoms with E-state index < -0.39 is 0 Å². The van der Waals surface area contributed by atoms with Gasteiger partial charge in [0.05, 0.1) is 6.61 Å². The lowest BCUT2D eigenvalue weighted by Crippen LogP contribution is -2.47. The second-order valence-electron chi connectivity index (χ2n) is 5.30. The number of carbonyl (C=O) groups is 1. The number of piperidine rings is 1. The number of nitrogens with zero attached hydrogens (tertiary/aromatic N) is 1. The van der Waals surface area contributed by atoms with Crippen LogP contribution < -0.4 is 0 Å². The van der Waals surface area contributed by atoms with Crippen molar-refractivity contribution in [2.45, 2.75) is 38.8 Å². The molecule has 1 aliphatic heterocycles. The number of esters is 1. The van der Waals surface area contributed by atoms with Crippen LogP contribution in [0, 0.1) is 0 Å². The number of ether oxygens (including phenoxy) is 1. The Morgan fingerprint density at radius 2 is 2.15 bits per heavy atom. The predicted molar refractivity (Wildman–Crippen MR) is 80.4 cm³/mol. The van der Waals surface area contributed by atoms with E-state index in [0.717, 1.165) is 18.5 Å². The third kappa shape index (κ3) is 3.28. The molecule has 3 nitrogen and oxygen atoms in total. The van der Waals surface area contributed by atoms with E-state index in [1.165, 1.54) is 5.56 Å². The lowest BCUT2D eigenvalue weighted by molar-refractivity contribution is -0.151. The van der Waals surface area contributed by atoms with Crippen molar-refractivity contribution in [1.82, 2.24) is 4.90 Å². The quantitative estimate of drug-likeness (QED) is 0.622. The fraction of sp³-hybridized carbons (Fsp3) is 0.471. The first kappa shape index (κ1) is 14.8. The Morgan fingerprint density at radius 3 is 2.80 bits per heavy atom. The number of hydrogen-bond acceptors (Lipinski definition) is 3. The van der Waals surface area contributed by atoms with Crippen molar-refractivity contribution in [3.05, 3.63) is 48.0 Å². The van der Waals surface area contributed by atoms with E-state index in [4.69, 9.17) is 4.74 Å². The second kappa shape index (κ2) is 6.71. The molecule has 0 amide bonds. The molecule has 1 unspecified atom stereocenters. The minimum Gasteiger partial charge on any atom is -0.465 e.